The molecule has 1 aromatic carbocycles. The van der Waals surface area contributed by atoms with Crippen LogP contribution in [0.1, 0.15) is 11.7 Å². The maximum atomic E-state index is 12.9. The van der Waals surface area contributed by atoms with Crippen LogP contribution in [0.15, 0.2) is 30.4 Å². The van der Waals surface area contributed by atoms with Gasteiger partial charge < -0.3 is 9.84 Å². The first-order chi connectivity index (χ1) is 7.47. The Hall–Kier alpha value is -1.75. The van der Waals surface area contributed by atoms with E-state index in [-0.39, 0.29) is 11.1 Å². The van der Waals surface area contributed by atoms with E-state index in [2.05, 4.69) is 11.3 Å². The first kappa shape index (κ1) is 12.3. The van der Waals surface area contributed by atoms with E-state index >= 15 is 0 Å². The summed E-state index contributed by atoms with van der Waals surface area (Å²) in [5.74, 6) is -2.94. The molecule has 1 unspecified atom stereocenters. The summed E-state index contributed by atoms with van der Waals surface area (Å²) in [5, 5.41) is 9.62. The molecule has 5 heteroatoms. The zero-order chi connectivity index (χ0) is 12.3. The highest BCUT2D eigenvalue weighted by atomic mass is 19.2. The molecule has 0 saturated carbocycles. The Morgan fingerprint density at radius 3 is 2.56 bits per heavy atom. The summed E-state index contributed by atoms with van der Waals surface area (Å²) in [5.41, 5.74) is -0.206. The van der Waals surface area contributed by atoms with E-state index < -0.39 is 23.7 Å². The zero-order valence-electron chi connectivity index (χ0n) is 8.54. The van der Waals surface area contributed by atoms with Gasteiger partial charge in [0.1, 0.15) is 6.10 Å². The smallest absolute Gasteiger partial charge is 0.336 e. The number of esters is 1. The van der Waals surface area contributed by atoms with Gasteiger partial charge in [0.2, 0.25) is 0 Å². The predicted octanol–water partition coefficient (Wildman–Crippen LogP) is 1.73. The maximum absolute atomic E-state index is 12.9. The minimum atomic E-state index is -1.41. The highest BCUT2D eigenvalue weighted by Gasteiger charge is 2.19. The lowest BCUT2D eigenvalue weighted by molar-refractivity contribution is -0.137. The number of hydrogen-bond acceptors (Lipinski definition) is 3. The number of hydrogen-bond donors (Lipinski definition) is 1. The van der Waals surface area contributed by atoms with Gasteiger partial charge >= 0.3 is 5.97 Å². The van der Waals surface area contributed by atoms with Crippen molar-refractivity contribution in [1.82, 2.24) is 0 Å². The van der Waals surface area contributed by atoms with Crippen molar-refractivity contribution in [1.29, 1.82) is 0 Å². The maximum Gasteiger partial charge on any atom is 0.336 e. The number of carbonyl (C=O) groups is 1. The van der Waals surface area contributed by atoms with E-state index in [0.717, 1.165) is 25.3 Å². The van der Waals surface area contributed by atoms with Crippen LogP contribution in [0.3, 0.4) is 0 Å². The second-order valence-electron chi connectivity index (χ2n) is 3.09. The molecule has 86 valence electrons. The largest absolute Gasteiger partial charge is 0.466 e. The van der Waals surface area contributed by atoms with E-state index in [1.54, 1.807) is 0 Å². The van der Waals surface area contributed by atoms with Gasteiger partial charge in [-0.25, -0.2) is 13.6 Å². The minimum Gasteiger partial charge on any atom is -0.466 e. The number of aliphatic hydroxyl groups excluding tert-OH is 1. The Morgan fingerprint density at radius 1 is 1.44 bits per heavy atom. The van der Waals surface area contributed by atoms with Gasteiger partial charge in [-0.3, -0.25) is 0 Å². The molecule has 16 heavy (non-hydrogen) atoms. The number of rotatable bonds is 3. The summed E-state index contributed by atoms with van der Waals surface area (Å²) in [4.78, 5) is 11.0. The molecule has 0 fully saturated rings. The van der Waals surface area contributed by atoms with Crippen LogP contribution in [0, 0.1) is 11.6 Å². The average Bonchev–Trinajstić information content (AvgIpc) is 2.29. The number of benzene rings is 1. The van der Waals surface area contributed by atoms with Crippen LogP contribution < -0.4 is 0 Å². The fourth-order valence-corrected chi connectivity index (χ4v) is 1.13. The Kier molecular flexibility index (Phi) is 3.73. The molecule has 0 bridgehead atoms. The van der Waals surface area contributed by atoms with Crippen molar-refractivity contribution >= 4 is 5.97 Å². The van der Waals surface area contributed by atoms with Crippen LogP contribution in [0.25, 0.3) is 0 Å². The summed E-state index contributed by atoms with van der Waals surface area (Å²) in [6, 6.07) is 2.82. The lowest BCUT2D eigenvalue weighted by atomic mass is 10.0. The van der Waals surface area contributed by atoms with Crippen molar-refractivity contribution in [3.8, 4) is 0 Å². The van der Waals surface area contributed by atoms with E-state index in [9.17, 15) is 18.7 Å². The molecule has 1 atom stereocenters. The molecule has 0 aliphatic carbocycles. The van der Waals surface area contributed by atoms with E-state index in [0.29, 0.717) is 0 Å². The topological polar surface area (TPSA) is 46.5 Å². The fraction of sp³-hybridized carbons (Fsp3) is 0.182. The van der Waals surface area contributed by atoms with Gasteiger partial charge in [0.15, 0.2) is 11.6 Å². The molecule has 0 heterocycles. The molecular formula is C11H10F2O3. The third-order valence-corrected chi connectivity index (χ3v) is 2.04. The average molecular weight is 228 g/mol. The zero-order valence-corrected chi connectivity index (χ0v) is 8.54. The van der Waals surface area contributed by atoms with Crippen LogP contribution in [0.5, 0.6) is 0 Å². The monoisotopic (exact) mass is 228 g/mol. The second kappa shape index (κ2) is 4.85. The third kappa shape index (κ3) is 2.43. The first-order valence-corrected chi connectivity index (χ1v) is 4.37. The van der Waals surface area contributed by atoms with Crippen LogP contribution in [0.2, 0.25) is 0 Å². The lowest BCUT2D eigenvalue weighted by Gasteiger charge is -2.12. The van der Waals surface area contributed by atoms with Crippen LogP contribution >= 0.6 is 0 Å². The molecule has 0 amide bonds. The summed E-state index contributed by atoms with van der Waals surface area (Å²) in [6.45, 7) is 3.31. The van der Waals surface area contributed by atoms with Gasteiger partial charge in [-0.15, -0.1) is 0 Å². The van der Waals surface area contributed by atoms with Gasteiger partial charge in [-0.2, -0.15) is 0 Å². The number of halogens is 2. The quantitative estimate of drug-likeness (QED) is 0.633. The molecular weight excluding hydrogens is 218 g/mol. The van der Waals surface area contributed by atoms with Crippen LogP contribution in [-0.2, 0) is 9.53 Å². The summed E-state index contributed by atoms with van der Waals surface area (Å²) >= 11 is 0. The van der Waals surface area contributed by atoms with Crippen molar-refractivity contribution in [3.05, 3.63) is 47.5 Å². The van der Waals surface area contributed by atoms with E-state index in [1.165, 1.54) is 0 Å². The van der Waals surface area contributed by atoms with E-state index in [4.69, 9.17) is 0 Å². The number of methoxy groups -OCH3 is 1. The lowest BCUT2D eigenvalue weighted by Crippen LogP contribution is -2.12. The van der Waals surface area contributed by atoms with Gasteiger partial charge in [0, 0.05) is 0 Å². The van der Waals surface area contributed by atoms with Crippen molar-refractivity contribution in [3.63, 3.8) is 0 Å². The van der Waals surface area contributed by atoms with Gasteiger partial charge in [0.25, 0.3) is 0 Å². The first-order valence-electron chi connectivity index (χ1n) is 4.37. The highest BCUT2D eigenvalue weighted by Crippen LogP contribution is 2.22. The molecule has 1 rings (SSSR count). The number of aliphatic hydroxyl groups is 1. The fourth-order valence-electron chi connectivity index (χ4n) is 1.13. The number of ether oxygens (including phenoxy) is 1. The van der Waals surface area contributed by atoms with Gasteiger partial charge in [0.05, 0.1) is 12.7 Å². The Labute approximate surface area is 91.0 Å². The van der Waals surface area contributed by atoms with Gasteiger partial charge in [-0.1, -0.05) is 12.6 Å². The van der Waals surface area contributed by atoms with Crippen molar-refractivity contribution in [2.75, 3.05) is 7.11 Å². The molecule has 0 aliphatic rings. The predicted molar refractivity (Wildman–Crippen MR) is 52.5 cm³/mol. The Bertz CT molecular complexity index is 429. The molecule has 1 aromatic rings. The molecule has 0 spiro atoms. The number of carbonyl (C=O) groups excluding carboxylic acids is 1. The molecule has 1 N–H and O–H groups in total. The molecule has 3 nitrogen and oxygen atoms in total. The summed E-state index contributed by atoms with van der Waals surface area (Å²) < 4.78 is 29.8. The molecule has 0 aromatic heterocycles. The summed E-state index contributed by atoms with van der Waals surface area (Å²) in [7, 11) is 1.13. The van der Waals surface area contributed by atoms with Crippen molar-refractivity contribution in [2.45, 2.75) is 6.10 Å². The van der Waals surface area contributed by atoms with Crippen molar-refractivity contribution < 1.29 is 23.4 Å². The van der Waals surface area contributed by atoms with Gasteiger partial charge in [-0.05, 0) is 17.7 Å². The molecule has 0 radical (unpaired) electrons. The minimum absolute atomic E-state index is 0.0364. The van der Waals surface area contributed by atoms with Crippen molar-refractivity contribution in [2.24, 2.45) is 0 Å². The Balaban J connectivity index is 2.96. The van der Waals surface area contributed by atoms with E-state index in [1.807, 2.05) is 0 Å². The highest BCUT2D eigenvalue weighted by molar-refractivity contribution is 5.88. The second-order valence-corrected chi connectivity index (χ2v) is 3.09. The summed E-state index contributed by atoms with van der Waals surface area (Å²) in [6.07, 6.45) is -1.41. The molecule has 0 aliphatic heterocycles. The standard InChI is InChI=1S/C11H10F2O3/c1-6(11(15)16-2)10(14)7-3-4-8(12)9(13)5-7/h3-5,10,14H,1H2,2H3. The third-order valence-electron chi connectivity index (χ3n) is 2.04. The van der Waals surface area contributed by atoms with Crippen LogP contribution in [0.4, 0.5) is 8.78 Å². The normalized spacial score (nSPS) is 12.0. The molecule has 0 saturated heterocycles. The Morgan fingerprint density at radius 2 is 2.06 bits per heavy atom. The van der Waals surface area contributed by atoms with Crippen LogP contribution in [-0.4, -0.2) is 18.2 Å². The SMILES string of the molecule is C=C(C(=O)OC)C(O)c1ccc(F)c(F)c1.